The van der Waals surface area contributed by atoms with Crippen LogP contribution in [-0.4, -0.2) is 25.3 Å². The summed E-state index contributed by atoms with van der Waals surface area (Å²) in [5, 5.41) is 0. The first-order valence-corrected chi connectivity index (χ1v) is 8.97. The average Bonchev–Trinajstić information content (AvgIpc) is 2.37. The van der Waals surface area contributed by atoms with Crippen LogP contribution in [0.15, 0.2) is 17.0 Å². The Labute approximate surface area is 128 Å². The number of sulfonamides is 1. The van der Waals surface area contributed by atoms with Gasteiger partial charge in [-0.25, -0.2) is 8.42 Å². The minimum atomic E-state index is -3.54. The normalized spacial score (nSPS) is 27.8. The maximum absolute atomic E-state index is 13.0. The standard InChI is InChI=1S/C16H26N2O2S/c1-10-6-13(4)14(5)18(9-10)21(19,20)16-8-12(3)11(2)7-15(16)17/h7-8,10,13-14H,6,9,17H2,1-5H3. The number of hydrogen-bond donors (Lipinski definition) is 1. The van der Waals surface area contributed by atoms with Gasteiger partial charge in [-0.15, -0.1) is 0 Å². The van der Waals surface area contributed by atoms with Crippen LogP contribution in [0.4, 0.5) is 5.69 Å². The van der Waals surface area contributed by atoms with Crippen LogP contribution in [-0.2, 0) is 10.0 Å². The Morgan fingerprint density at radius 2 is 1.71 bits per heavy atom. The van der Waals surface area contributed by atoms with Gasteiger partial charge in [0, 0.05) is 12.6 Å². The summed E-state index contributed by atoms with van der Waals surface area (Å²) in [6, 6.07) is 3.47. The smallest absolute Gasteiger partial charge is 0.245 e. The lowest BCUT2D eigenvalue weighted by Gasteiger charge is -2.40. The van der Waals surface area contributed by atoms with Crippen molar-refractivity contribution >= 4 is 15.7 Å². The van der Waals surface area contributed by atoms with Gasteiger partial charge in [0.2, 0.25) is 10.0 Å². The summed E-state index contributed by atoms with van der Waals surface area (Å²) in [5.74, 6) is 0.732. The van der Waals surface area contributed by atoms with E-state index in [9.17, 15) is 8.42 Å². The molecule has 118 valence electrons. The van der Waals surface area contributed by atoms with Crippen molar-refractivity contribution in [1.82, 2.24) is 4.31 Å². The van der Waals surface area contributed by atoms with E-state index < -0.39 is 10.0 Å². The quantitative estimate of drug-likeness (QED) is 0.854. The molecule has 5 heteroatoms. The largest absolute Gasteiger partial charge is 0.398 e. The molecule has 1 fully saturated rings. The summed E-state index contributed by atoms with van der Waals surface area (Å²) in [5.41, 5.74) is 8.30. The van der Waals surface area contributed by atoms with Gasteiger partial charge >= 0.3 is 0 Å². The maximum Gasteiger partial charge on any atom is 0.245 e. The molecule has 0 radical (unpaired) electrons. The molecule has 3 atom stereocenters. The van der Waals surface area contributed by atoms with Crippen molar-refractivity contribution in [2.75, 3.05) is 12.3 Å². The van der Waals surface area contributed by atoms with Gasteiger partial charge in [0.15, 0.2) is 0 Å². The topological polar surface area (TPSA) is 63.4 Å². The highest BCUT2D eigenvalue weighted by molar-refractivity contribution is 7.89. The van der Waals surface area contributed by atoms with Crippen molar-refractivity contribution in [1.29, 1.82) is 0 Å². The number of benzene rings is 1. The fourth-order valence-electron chi connectivity index (χ4n) is 3.14. The highest BCUT2D eigenvalue weighted by Crippen LogP contribution is 2.34. The number of nitrogens with zero attached hydrogens (tertiary/aromatic N) is 1. The fourth-order valence-corrected chi connectivity index (χ4v) is 5.17. The van der Waals surface area contributed by atoms with E-state index in [1.165, 1.54) is 0 Å². The number of anilines is 1. The van der Waals surface area contributed by atoms with Gasteiger partial charge in [-0.1, -0.05) is 13.8 Å². The van der Waals surface area contributed by atoms with Crippen LogP contribution in [0.3, 0.4) is 0 Å². The molecule has 1 aliphatic heterocycles. The van der Waals surface area contributed by atoms with Crippen LogP contribution >= 0.6 is 0 Å². The molecule has 1 heterocycles. The molecule has 21 heavy (non-hydrogen) atoms. The van der Waals surface area contributed by atoms with Gasteiger partial charge in [0.05, 0.1) is 5.69 Å². The lowest BCUT2D eigenvalue weighted by atomic mass is 9.88. The Morgan fingerprint density at radius 3 is 2.33 bits per heavy atom. The Hall–Kier alpha value is -1.07. The highest BCUT2D eigenvalue weighted by Gasteiger charge is 2.38. The first kappa shape index (κ1) is 16.3. The zero-order chi connectivity index (χ0) is 15.9. The van der Waals surface area contributed by atoms with Crippen molar-refractivity contribution in [2.45, 2.75) is 52.0 Å². The van der Waals surface area contributed by atoms with Gasteiger partial charge in [-0.3, -0.25) is 0 Å². The van der Waals surface area contributed by atoms with E-state index in [0.717, 1.165) is 17.5 Å². The minimum Gasteiger partial charge on any atom is -0.398 e. The number of hydrogen-bond acceptors (Lipinski definition) is 3. The molecule has 0 aliphatic carbocycles. The zero-order valence-corrected chi connectivity index (χ0v) is 14.4. The lowest BCUT2D eigenvalue weighted by Crippen LogP contribution is -2.48. The molecule has 0 aromatic heterocycles. The molecule has 0 amide bonds. The summed E-state index contributed by atoms with van der Waals surface area (Å²) >= 11 is 0. The van der Waals surface area contributed by atoms with E-state index in [2.05, 4.69) is 13.8 Å². The molecule has 2 N–H and O–H groups in total. The monoisotopic (exact) mass is 310 g/mol. The maximum atomic E-state index is 13.0. The van der Waals surface area contributed by atoms with Crippen LogP contribution < -0.4 is 5.73 Å². The molecule has 0 saturated carbocycles. The molecule has 1 aliphatic rings. The first-order chi connectivity index (χ1) is 9.64. The number of piperidine rings is 1. The van der Waals surface area contributed by atoms with Crippen molar-refractivity contribution < 1.29 is 8.42 Å². The van der Waals surface area contributed by atoms with E-state index in [4.69, 9.17) is 5.73 Å². The molecular weight excluding hydrogens is 284 g/mol. The number of rotatable bonds is 2. The van der Waals surface area contributed by atoms with Gasteiger partial charge in [-0.05, 0) is 62.3 Å². The molecule has 1 aromatic rings. The van der Waals surface area contributed by atoms with Crippen LogP contribution in [0.25, 0.3) is 0 Å². The zero-order valence-electron chi connectivity index (χ0n) is 13.6. The van der Waals surface area contributed by atoms with Gasteiger partial charge in [0.25, 0.3) is 0 Å². The highest BCUT2D eigenvalue weighted by atomic mass is 32.2. The summed E-state index contributed by atoms with van der Waals surface area (Å²) in [6.45, 7) is 10.6. The molecular formula is C16H26N2O2S. The minimum absolute atomic E-state index is 0.00668. The third-order valence-corrected chi connectivity index (χ3v) is 6.76. The van der Waals surface area contributed by atoms with E-state index in [1.807, 2.05) is 20.8 Å². The predicted octanol–water partition coefficient (Wildman–Crippen LogP) is 2.94. The second-order valence-corrected chi connectivity index (χ2v) is 8.47. The third-order valence-electron chi connectivity index (χ3n) is 4.76. The van der Waals surface area contributed by atoms with Crippen LogP contribution in [0.2, 0.25) is 0 Å². The van der Waals surface area contributed by atoms with Gasteiger partial charge in [0.1, 0.15) is 4.90 Å². The molecule has 0 bridgehead atoms. The Morgan fingerprint density at radius 1 is 1.14 bits per heavy atom. The summed E-state index contributed by atoms with van der Waals surface area (Å²) in [4.78, 5) is 0.249. The molecule has 1 aromatic carbocycles. The Balaban J connectivity index is 2.49. The predicted molar refractivity (Wildman–Crippen MR) is 86.6 cm³/mol. The molecule has 3 unspecified atom stereocenters. The van der Waals surface area contributed by atoms with E-state index in [1.54, 1.807) is 16.4 Å². The number of nitrogen functional groups attached to an aromatic ring is 1. The van der Waals surface area contributed by atoms with Gasteiger partial charge < -0.3 is 5.73 Å². The fraction of sp³-hybridized carbons (Fsp3) is 0.625. The van der Waals surface area contributed by atoms with Crippen molar-refractivity contribution in [3.8, 4) is 0 Å². The van der Waals surface area contributed by atoms with Crippen molar-refractivity contribution in [3.63, 3.8) is 0 Å². The van der Waals surface area contributed by atoms with E-state index in [0.29, 0.717) is 24.1 Å². The lowest BCUT2D eigenvalue weighted by molar-refractivity contribution is 0.157. The summed E-state index contributed by atoms with van der Waals surface area (Å²) in [6.07, 6.45) is 1.07. The number of nitrogens with two attached hydrogens (primary N) is 1. The summed E-state index contributed by atoms with van der Waals surface area (Å²) < 4.78 is 27.7. The second kappa shape index (κ2) is 5.61. The van der Waals surface area contributed by atoms with Gasteiger partial charge in [-0.2, -0.15) is 4.31 Å². The van der Waals surface area contributed by atoms with Crippen LogP contribution in [0, 0.1) is 25.7 Å². The molecule has 4 nitrogen and oxygen atoms in total. The molecule has 2 rings (SSSR count). The van der Waals surface area contributed by atoms with Crippen LogP contribution in [0.5, 0.6) is 0 Å². The van der Waals surface area contributed by atoms with Crippen molar-refractivity contribution in [3.05, 3.63) is 23.3 Å². The van der Waals surface area contributed by atoms with Crippen molar-refractivity contribution in [2.24, 2.45) is 11.8 Å². The second-order valence-electron chi connectivity index (χ2n) is 6.61. The third kappa shape index (κ3) is 2.94. The Bertz CT molecular complexity index is 640. The Kier molecular flexibility index (Phi) is 4.36. The molecule has 0 spiro atoms. The van der Waals surface area contributed by atoms with E-state index >= 15 is 0 Å². The SMILES string of the molecule is Cc1cc(N)c(S(=O)(=O)N2CC(C)CC(C)C2C)cc1C. The van der Waals surface area contributed by atoms with E-state index in [-0.39, 0.29) is 10.9 Å². The summed E-state index contributed by atoms with van der Waals surface area (Å²) in [7, 11) is -3.54. The molecule has 1 saturated heterocycles. The average molecular weight is 310 g/mol. The number of aryl methyl sites for hydroxylation is 2. The first-order valence-electron chi connectivity index (χ1n) is 7.53. The van der Waals surface area contributed by atoms with Crippen LogP contribution in [0.1, 0.15) is 38.3 Å².